The van der Waals surface area contributed by atoms with E-state index in [1.807, 2.05) is 0 Å². The highest BCUT2D eigenvalue weighted by molar-refractivity contribution is 5.25. The summed E-state index contributed by atoms with van der Waals surface area (Å²) in [4.78, 5) is 0. The second-order valence-corrected chi connectivity index (χ2v) is 9.48. The van der Waals surface area contributed by atoms with Crippen molar-refractivity contribution in [3.05, 3.63) is 47.5 Å². The molecule has 0 nitrogen and oxygen atoms in total. The van der Waals surface area contributed by atoms with E-state index in [0.29, 0.717) is 5.41 Å². The fourth-order valence-electron chi connectivity index (χ4n) is 5.71. The molecular weight excluding hydrogens is 369 g/mol. The van der Waals surface area contributed by atoms with Crippen LogP contribution in [0.2, 0.25) is 0 Å². The summed E-state index contributed by atoms with van der Waals surface area (Å²) in [5.41, 5.74) is 0.851. The normalized spacial score (nSPS) is 27.9. The second kappa shape index (κ2) is 10.2. The molecule has 0 saturated heterocycles. The predicted octanol–water partition coefficient (Wildman–Crippen LogP) is 8.75. The number of hydrogen-bond donors (Lipinski definition) is 0. The average molecular weight is 407 g/mol. The molecule has 162 valence electrons. The van der Waals surface area contributed by atoms with Gasteiger partial charge in [0.15, 0.2) is 0 Å². The van der Waals surface area contributed by atoms with Crippen molar-refractivity contribution in [2.45, 2.75) is 96.6 Å². The Hall–Kier alpha value is -1.25. The molecule has 3 heteroatoms. The minimum absolute atomic E-state index is 0.353. The summed E-state index contributed by atoms with van der Waals surface area (Å²) in [5, 5.41) is 0. The van der Waals surface area contributed by atoms with Crippen molar-refractivity contribution in [1.82, 2.24) is 0 Å². The van der Waals surface area contributed by atoms with E-state index in [1.54, 1.807) is 12.1 Å². The molecule has 0 amide bonds. The number of allylic oxidation sites excluding steroid dienone is 2. The number of alkyl halides is 3. The Morgan fingerprint density at radius 2 is 1.69 bits per heavy atom. The summed E-state index contributed by atoms with van der Waals surface area (Å²) in [5.74, 6) is 1.70. The Balaban J connectivity index is 1.59. The molecule has 3 rings (SSSR count). The zero-order chi connectivity index (χ0) is 20.7. The molecule has 1 fully saturated rings. The molecule has 0 heterocycles. The minimum Gasteiger partial charge on any atom is -0.166 e. The van der Waals surface area contributed by atoms with Gasteiger partial charge in [-0.2, -0.15) is 13.2 Å². The van der Waals surface area contributed by atoms with Gasteiger partial charge in [0.1, 0.15) is 0 Å². The van der Waals surface area contributed by atoms with Gasteiger partial charge in [0.05, 0.1) is 5.56 Å². The van der Waals surface area contributed by atoms with Crippen molar-refractivity contribution < 1.29 is 13.2 Å². The summed E-state index contributed by atoms with van der Waals surface area (Å²) in [6.07, 6.45) is 16.9. The first-order chi connectivity index (χ1) is 13.9. The predicted molar refractivity (Wildman–Crippen MR) is 115 cm³/mol. The van der Waals surface area contributed by atoms with Crippen LogP contribution in [0.3, 0.4) is 0 Å². The molecule has 0 aromatic heterocycles. The van der Waals surface area contributed by atoms with Crippen molar-refractivity contribution in [2.75, 3.05) is 0 Å². The van der Waals surface area contributed by atoms with Gasteiger partial charge >= 0.3 is 6.18 Å². The van der Waals surface area contributed by atoms with Crippen molar-refractivity contribution in [3.63, 3.8) is 0 Å². The Morgan fingerprint density at radius 3 is 2.28 bits per heavy atom. The molecule has 2 aliphatic rings. The number of benzene rings is 1. The highest BCUT2D eigenvalue weighted by atomic mass is 19.4. The zero-order valence-corrected chi connectivity index (χ0v) is 17.9. The Bertz CT molecular complexity index is 635. The molecule has 1 aromatic rings. The molecule has 0 bridgehead atoms. The van der Waals surface area contributed by atoms with Crippen LogP contribution in [-0.2, 0) is 12.6 Å². The zero-order valence-electron chi connectivity index (χ0n) is 17.9. The molecule has 0 aliphatic heterocycles. The van der Waals surface area contributed by atoms with Crippen LogP contribution in [0.1, 0.15) is 95.1 Å². The molecule has 2 aliphatic carbocycles. The van der Waals surface area contributed by atoms with Gasteiger partial charge in [-0.15, -0.1) is 0 Å². The summed E-state index contributed by atoms with van der Waals surface area (Å²) in [6.45, 7) is 2.27. The van der Waals surface area contributed by atoms with Crippen molar-refractivity contribution in [1.29, 1.82) is 0 Å². The highest BCUT2D eigenvalue weighted by Gasteiger charge is 2.39. The Morgan fingerprint density at radius 1 is 0.966 bits per heavy atom. The van der Waals surface area contributed by atoms with Gasteiger partial charge in [-0.05, 0) is 79.9 Å². The molecule has 1 unspecified atom stereocenters. The third kappa shape index (κ3) is 6.12. The quantitative estimate of drug-likeness (QED) is 0.299. The van der Waals surface area contributed by atoms with E-state index < -0.39 is 11.7 Å². The van der Waals surface area contributed by atoms with Crippen LogP contribution in [0.25, 0.3) is 0 Å². The third-order valence-electron chi connectivity index (χ3n) is 7.62. The molecule has 1 saturated carbocycles. The standard InChI is InChI=1S/C26H37F3/c1-2-3-5-8-21-9-13-23(14-10-21)25(18-6-4-7-19-25)20-17-22-11-15-24(16-12-22)26(27,28)29/h4,6,11-12,15-16,21,23H,2-3,5,7-10,13-14,17-20H2,1H3. The maximum atomic E-state index is 12.8. The Labute approximate surface area is 175 Å². The van der Waals surface area contributed by atoms with E-state index in [-0.39, 0.29) is 0 Å². The van der Waals surface area contributed by atoms with E-state index in [0.717, 1.165) is 43.1 Å². The molecule has 0 spiro atoms. The maximum absolute atomic E-state index is 12.8. The van der Waals surface area contributed by atoms with E-state index in [1.165, 1.54) is 69.9 Å². The summed E-state index contributed by atoms with van der Waals surface area (Å²) < 4.78 is 38.5. The molecule has 1 atom stereocenters. The fraction of sp³-hybridized carbons (Fsp3) is 0.692. The first kappa shape index (κ1) is 22.4. The molecular formula is C26H37F3. The lowest BCUT2D eigenvalue weighted by atomic mass is 9.59. The van der Waals surface area contributed by atoms with Gasteiger partial charge in [0, 0.05) is 0 Å². The molecule has 0 radical (unpaired) electrons. The monoisotopic (exact) mass is 406 g/mol. The lowest BCUT2D eigenvalue weighted by Gasteiger charge is -2.45. The van der Waals surface area contributed by atoms with Crippen molar-refractivity contribution in [3.8, 4) is 0 Å². The molecule has 0 N–H and O–H groups in total. The van der Waals surface area contributed by atoms with Crippen LogP contribution >= 0.6 is 0 Å². The first-order valence-electron chi connectivity index (χ1n) is 11.7. The highest BCUT2D eigenvalue weighted by Crippen LogP contribution is 2.50. The number of unbranched alkanes of at least 4 members (excludes halogenated alkanes) is 2. The molecule has 1 aromatic carbocycles. The third-order valence-corrected chi connectivity index (χ3v) is 7.62. The van der Waals surface area contributed by atoms with E-state index in [2.05, 4.69) is 19.1 Å². The van der Waals surface area contributed by atoms with Gasteiger partial charge in [0.25, 0.3) is 0 Å². The van der Waals surface area contributed by atoms with Gasteiger partial charge < -0.3 is 0 Å². The molecule has 29 heavy (non-hydrogen) atoms. The van der Waals surface area contributed by atoms with E-state index in [9.17, 15) is 13.2 Å². The summed E-state index contributed by atoms with van der Waals surface area (Å²) in [6, 6.07) is 5.84. The van der Waals surface area contributed by atoms with E-state index in [4.69, 9.17) is 0 Å². The number of hydrogen-bond acceptors (Lipinski definition) is 0. The van der Waals surface area contributed by atoms with Crippen molar-refractivity contribution in [2.24, 2.45) is 17.3 Å². The topological polar surface area (TPSA) is 0 Å². The van der Waals surface area contributed by atoms with Crippen LogP contribution < -0.4 is 0 Å². The van der Waals surface area contributed by atoms with Gasteiger partial charge in [-0.1, -0.05) is 69.7 Å². The van der Waals surface area contributed by atoms with Gasteiger partial charge in [-0.3, -0.25) is 0 Å². The lowest BCUT2D eigenvalue weighted by molar-refractivity contribution is -0.137. The average Bonchev–Trinajstić information content (AvgIpc) is 2.73. The van der Waals surface area contributed by atoms with E-state index >= 15 is 0 Å². The largest absolute Gasteiger partial charge is 0.416 e. The van der Waals surface area contributed by atoms with Crippen molar-refractivity contribution >= 4 is 0 Å². The second-order valence-electron chi connectivity index (χ2n) is 9.48. The summed E-state index contributed by atoms with van der Waals surface area (Å²) >= 11 is 0. The van der Waals surface area contributed by atoms with Crippen LogP contribution in [0, 0.1) is 17.3 Å². The minimum atomic E-state index is -4.25. The number of rotatable bonds is 8. The maximum Gasteiger partial charge on any atom is 0.416 e. The fourth-order valence-corrected chi connectivity index (χ4v) is 5.71. The summed E-state index contributed by atoms with van der Waals surface area (Å²) in [7, 11) is 0. The Kier molecular flexibility index (Phi) is 7.87. The lowest BCUT2D eigenvalue weighted by Crippen LogP contribution is -2.35. The van der Waals surface area contributed by atoms with Gasteiger partial charge in [0.2, 0.25) is 0 Å². The first-order valence-corrected chi connectivity index (χ1v) is 11.7. The number of aryl methyl sites for hydroxylation is 1. The van der Waals surface area contributed by atoms with Crippen LogP contribution in [0.15, 0.2) is 36.4 Å². The van der Waals surface area contributed by atoms with Crippen LogP contribution in [-0.4, -0.2) is 0 Å². The van der Waals surface area contributed by atoms with Crippen LogP contribution in [0.4, 0.5) is 13.2 Å². The van der Waals surface area contributed by atoms with Crippen LogP contribution in [0.5, 0.6) is 0 Å². The number of halogens is 3. The van der Waals surface area contributed by atoms with Gasteiger partial charge in [-0.25, -0.2) is 0 Å². The SMILES string of the molecule is CCCCCC1CCC(C2(CCc3ccc(C(F)(F)F)cc3)CC=CCC2)CC1. The smallest absolute Gasteiger partial charge is 0.166 e.